The summed E-state index contributed by atoms with van der Waals surface area (Å²) < 4.78 is 2.10. The number of benzene rings is 1. The lowest BCUT2D eigenvalue weighted by molar-refractivity contribution is 0.516. The number of anilines is 1. The Morgan fingerprint density at radius 3 is 1.88 bits per heavy atom. The second-order valence-corrected chi connectivity index (χ2v) is 7.78. The molecule has 2 aromatic rings. The zero-order valence-electron chi connectivity index (χ0n) is 16.9. The van der Waals surface area contributed by atoms with Gasteiger partial charge in [0.2, 0.25) is 0 Å². The first kappa shape index (κ1) is 20.8. The summed E-state index contributed by atoms with van der Waals surface area (Å²) in [6.07, 6.45) is 21.5. The maximum absolute atomic E-state index is 5.89. The minimum absolute atomic E-state index is 0.820. The van der Waals surface area contributed by atoms with Crippen LogP contribution in [0.4, 0.5) is 5.69 Å². The Kier molecular flexibility index (Phi) is 10.2. The van der Waals surface area contributed by atoms with Crippen LogP contribution in [0, 0.1) is 0 Å². The largest absolute Gasteiger partial charge is 0.399 e. The molecule has 1 aromatic heterocycles. The highest BCUT2D eigenvalue weighted by Crippen LogP contribution is 2.18. The molecular formula is C23H39N3. The van der Waals surface area contributed by atoms with E-state index in [0.29, 0.717) is 0 Å². The summed E-state index contributed by atoms with van der Waals surface area (Å²) in [5.74, 6) is 0. The van der Waals surface area contributed by atoms with Crippen molar-refractivity contribution >= 4 is 16.6 Å². The molecule has 0 aliphatic carbocycles. The molecule has 2 N–H and O–H groups in total. The first-order valence-corrected chi connectivity index (χ1v) is 11.0. The predicted molar refractivity (Wildman–Crippen MR) is 114 cm³/mol. The minimum atomic E-state index is 0.820. The van der Waals surface area contributed by atoms with E-state index < -0.39 is 0 Å². The molecule has 0 unspecified atom stereocenters. The zero-order chi connectivity index (χ0) is 18.5. The van der Waals surface area contributed by atoms with E-state index in [0.717, 1.165) is 12.2 Å². The van der Waals surface area contributed by atoms with Gasteiger partial charge in [0, 0.05) is 17.6 Å². The van der Waals surface area contributed by atoms with Gasteiger partial charge in [-0.05, 0) is 24.6 Å². The Balaban J connectivity index is 1.42. The van der Waals surface area contributed by atoms with Crippen LogP contribution < -0.4 is 5.73 Å². The average molecular weight is 358 g/mol. The fraction of sp³-hybridized carbons (Fsp3) is 0.696. The van der Waals surface area contributed by atoms with E-state index in [2.05, 4.69) is 22.8 Å². The first-order chi connectivity index (χ1) is 12.8. The van der Waals surface area contributed by atoms with Gasteiger partial charge in [0.15, 0.2) is 0 Å². The van der Waals surface area contributed by atoms with E-state index in [9.17, 15) is 0 Å². The van der Waals surface area contributed by atoms with Crippen LogP contribution in [0.1, 0.15) is 96.8 Å². The van der Waals surface area contributed by atoms with Crippen molar-refractivity contribution in [3.05, 3.63) is 24.4 Å². The van der Waals surface area contributed by atoms with Crippen molar-refractivity contribution in [2.75, 3.05) is 5.73 Å². The van der Waals surface area contributed by atoms with Crippen LogP contribution in [0.15, 0.2) is 24.4 Å². The summed E-state index contributed by atoms with van der Waals surface area (Å²) in [5, 5.41) is 5.68. The normalized spacial score (nSPS) is 11.4. The fourth-order valence-electron chi connectivity index (χ4n) is 3.72. The number of aryl methyl sites for hydroxylation is 1. The van der Waals surface area contributed by atoms with Crippen LogP contribution in [0.2, 0.25) is 0 Å². The molecule has 0 fully saturated rings. The number of hydrogen-bond donors (Lipinski definition) is 1. The molecule has 0 aliphatic heterocycles. The molecular weight excluding hydrogens is 318 g/mol. The van der Waals surface area contributed by atoms with Gasteiger partial charge < -0.3 is 5.73 Å². The van der Waals surface area contributed by atoms with Crippen molar-refractivity contribution in [1.82, 2.24) is 9.78 Å². The van der Waals surface area contributed by atoms with Crippen molar-refractivity contribution in [2.24, 2.45) is 0 Å². The van der Waals surface area contributed by atoms with E-state index >= 15 is 0 Å². The summed E-state index contributed by atoms with van der Waals surface area (Å²) >= 11 is 0. The third kappa shape index (κ3) is 7.80. The Morgan fingerprint density at radius 2 is 1.31 bits per heavy atom. The topological polar surface area (TPSA) is 43.8 Å². The summed E-state index contributed by atoms with van der Waals surface area (Å²) in [6.45, 7) is 3.29. The zero-order valence-corrected chi connectivity index (χ0v) is 16.9. The standard InChI is InChI=1S/C23H39N3/c1-2-3-4-5-6-7-8-9-10-11-12-13-14-15-18-26-23-19-22(24)17-16-21(23)20-25-26/h16-17,19-20H,2-15,18,24H2,1H3. The van der Waals surface area contributed by atoms with E-state index in [-0.39, 0.29) is 0 Å². The molecule has 3 heteroatoms. The molecule has 0 saturated heterocycles. The van der Waals surface area contributed by atoms with Crippen LogP contribution in [0.5, 0.6) is 0 Å². The lowest BCUT2D eigenvalue weighted by atomic mass is 10.0. The third-order valence-electron chi connectivity index (χ3n) is 5.39. The van der Waals surface area contributed by atoms with Gasteiger partial charge in [0.1, 0.15) is 0 Å². The molecule has 0 atom stereocenters. The minimum Gasteiger partial charge on any atom is -0.399 e. The number of hydrogen-bond acceptors (Lipinski definition) is 2. The summed E-state index contributed by atoms with van der Waals surface area (Å²) in [4.78, 5) is 0. The number of nitrogen functional groups attached to an aromatic ring is 1. The van der Waals surface area contributed by atoms with Crippen molar-refractivity contribution in [3.63, 3.8) is 0 Å². The molecule has 1 aromatic carbocycles. The van der Waals surface area contributed by atoms with E-state index in [1.165, 1.54) is 101 Å². The SMILES string of the molecule is CCCCCCCCCCCCCCCCn1ncc2ccc(N)cc21. The Bertz CT molecular complexity index is 603. The molecule has 0 saturated carbocycles. The Hall–Kier alpha value is -1.51. The van der Waals surface area contributed by atoms with Gasteiger partial charge in [-0.1, -0.05) is 90.4 Å². The average Bonchev–Trinajstić information content (AvgIpc) is 3.04. The molecule has 0 spiro atoms. The number of aromatic nitrogens is 2. The Morgan fingerprint density at radius 1 is 0.769 bits per heavy atom. The van der Waals surface area contributed by atoms with Gasteiger partial charge in [-0.15, -0.1) is 0 Å². The molecule has 0 aliphatic rings. The second kappa shape index (κ2) is 12.8. The van der Waals surface area contributed by atoms with Gasteiger partial charge in [-0.3, -0.25) is 4.68 Å². The van der Waals surface area contributed by atoms with E-state index in [1.54, 1.807) is 0 Å². The molecule has 0 bridgehead atoms. The molecule has 26 heavy (non-hydrogen) atoms. The molecule has 3 nitrogen and oxygen atoms in total. The van der Waals surface area contributed by atoms with Gasteiger partial charge in [-0.2, -0.15) is 5.10 Å². The number of unbranched alkanes of at least 4 members (excludes halogenated alkanes) is 13. The molecule has 146 valence electrons. The molecule has 0 amide bonds. The highest BCUT2D eigenvalue weighted by molar-refractivity contribution is 5.81. The van der Waals surface area contributed by atoms with Gasteiger partial charge in [0.25, 0.3) is 0 Å². The third-order valence-corrected chi connectivity index (χ3v) is 5.39. The highest BCUT2D eigenvalue weighted by atomic mass is 15.3. The molecule has 0 radical (unpaired) electrons. The van der Waals surface area contributed by atoms with Crippen LogP contribution in [0.25, 0.3) is 10.9 Å². The fourth-order valence-corrected chi connectivity index (χ4v) is 3.72. The van der Waals surface area contributed by atoms with Crippen LogP contribution in [-0.2, 0) is 6.54 Å². The molecule has 1 heterocycles. The quantitative estimate of drug-likeness (QED) is 0.273. The summed E-state index contributed by atoms with van der Waals surface area (Å²) in [6, 6.07) is 6.03. The lowest BCUT2D eigenvalue weighted by Gasteiger charge is -2.05. The summed E-state index contributed by atoms with van der Waals surface area (Å²) in [7, 11) is 0. The van der Waals surface area contributed by atoms with Gasteiger partial charge >= 0.3 is 0 Å². The lowest BCUT2D eigenvalue weighted by Crippen LogP contribution is -2.00. The number of nitrogens with zero attached hydrogens (tertiary/aromatic N) is 2. The highest BCUT2D eigenvalue weighted by Gasteiger charge is 2.02. The van der Waals surface area contributed by atoms with E-state index in [4.69, 9.17) is 5.73 Å². The smallest absolute Gasteiger partial charge is 0.0702 e. The van der Waals surface area contributed by atoms with Crippen molar-refractivity contribution in [2.45, 2.75) is 103 Å². The van der Waals surface area contributed by atoms with Gasteiger partial charge in [-0.25, -0.2) is 0 Å². The van der Waals surface area contributed by atoms with Crippen molar-refractivity contribution in [3.8, 4) is 0 Å². The van der Waals surface area contributed by atoms with Gasteiger partial charge in [0.05, 0.1) is 11.7 Å². The summed E-state index contributed by atoms with van der Waals surface area (Å²) in [5.41, 5.74) is 7.88. The van der Waals surface area contributed by atoms with Crippen LogP contribution in [-0.4, -0.2) is 9.78 Å². The van der Waals surface area contributed by atoms with Crippen LogP contribution >= 0.6 is 0 Å². The number of fused-ring (bicyclic) bond motifs is 1. The van der Waals surface area contributed by atoms with Crippen molar-refractivity contribution < 1.29 is 0 Å². The monoisotopic (exact) mass is 357 g/mol. The first-order valence-electron chi connectivity index (χ1n) is 11.0. The number of nitrogens with two attached hydrogens (primary N) is 1. The number of rotatable bonds is 15. The van der Waals surface area contributed by atoms with E-state index in [1.807, 2.05) is 18.3 Å². The van der Waals surface area contributed by atoms with Crippen molar-refractivity contribution in [1.29, 1.82) is 0 Å². The maximum Gasteiger partial charge on any atom is 0.0702 e. The second-order valence-electron chi connectivity index (χ2n) is 7.78. The predicted octanol–water partition coefficient (Wildman–Crippen LogP) is 7.10. The van der Waals surface area contributed by atoms with Crippen LogP contribution in [0.3, 0.4) is 0 Å². The molecule has 2 rings (SSSR count). The maximum atomic E-state index is 5.89. The Labute approximate surface area is 160 Å².